The molecule has 1 aliphatic rings. The van der Waals surface area contributed by atoms with Gasteiger partial charge in [-0.15, -0.1) is 0 Å². The van der Waals surface area contributed by atoms with Gasteiger partial charge in [-0.3, -0.25) is 0 Å². The molecule has 1 heterocycles. The zero-order valence-corrected chi connectivity index (χ0v) is 14.8. The second-order valence-corrected chi connectivity index (χ2v) is 6.38. The Bertz CT molecular complexity index is 376. The molecule has 0 spiro atoms. The van der Waals surface area contributed by atoms with E-state index < -0.39 is 0 Å². The largest absolute Gasteiger partial charge is 0.496 e. The highest BCUT2D eigenvalue weighted by atomic mass is 16.5. The summed E-state index contributed by atoms with van der Waals surface area (Å²) in [6.07, 6.45) is 5.19. The number of rotatable bonds is 7. The van der Waals surface area contributed by atoms with Crippen molar-refractivity contribution in [3.05, 3.63) is 24.1 Å². The van der Waals surface area contributed by atoms with Crippen molar-refractivity contribution < 1.29 is 4.74 Å². The maximum absolute atomic E-state index is 5.50. The van der Waals surface area contributed by atoms with E-state index in [0.717, 1.165) is 25.5 Å². The summed E-state index contributed by atoms with van der Waals surface area (Å²) in [5, 5.41) is 0. The molecule has 1 rings (SSSR count). The molecule has 0 aromatic rings. The minimum absolute atomic E-state index is 0.707. The molecule has 0 aliphatic carbocycles. The molecular formula is C16H32N4O. The first-order valence-corrected chi connectivity index (χ1v) is 7.69. The van der Waals surface area contributed by atoms with Gasteiger partial charge in [0.15, 0.2) is 0 Å². The van der Waals surface area contributed by atoms with Crippen LogP contribution in [-0.4, -0.2) is 74.5 Å². The molecule has 122 valence electrons. The van der Waals surface area contributed by atoms with Gasteiger partial charge in [-0.25, -0.2) is 0 Å². The predicted molar refractivity (Wildman–Crippen MR) is 88.3 cm³/mol. The molecule has 0 saturated carbocycles. The minimum Gasteiger partial charge on any atom is -0.496 e. The van der Waals surface area contributed by atoms with Gasteiger partial charge in [0.25, 0.3) is 0 Å². The summed E-state index contributed by atoms with van der Waals surface area (Å²) in [6.45, 7) is 7.24. The lowest BCUT2D eigenvalue weighted by Crippen LogP contribution is -2.40. The Balaban J connectivity index is 2.89. The van der Waals surface area contributed by atoms with Crippen LogP contribution in [0.3, 0.4) is 0 Å². The second-order valence-electron chi connectivity index (χ2n) is 6.38. The lowest BCUT2D eigenvalue weighted by atomic mass is 10.1. The maximum Gasteiger partial charge on any atom is 0.145 e. The van der Waals surface area contributed by atoms with E-state index in [2.05, 4.69) is 74.9 Å². The summed E-state index contributed by atoms with van der Waals surface area (Å²) in [5.74, 6) is 2.97. The zero-order chi connectivity index (χ0) is 16.0. The van der Waals surface area contributed by atoms with E-state index in [1.54, 1.807) is 0 Å². The molecule has 0 radical (unpaired) electrons. The molecule has 0 atom stereocenters. The van der Waals surface area contributed by atoms with E-state index in [9.17, 15) is 0 Å². The molecule has 0 aromatic heterocycles. The van der Waals surface area contributed by atoms with Gasteiger partial charge < -0.3 is 24.3 Å². The van der Waals surface area contributed by atoms with Crippen LogP contribution in [0, 0.1) is 5.92 Å². The molecule has 0 N–H and O–H groups in total. The molecule has 0 fully saturated rings. The molecule has 1 aliphatic heterocycles. The van der Waals surface area contributed by atoms with Gasteiger partial charge in [-0.05, 0) is 12.3 Å². The van der Waals surface area contributed by atoms with Crippen LogP contribution in [0.2, 0.25) is 0 Å². The molecule has 5 heteroatoms. The maximum atomic E-state index is 5.50. The van der Waals surface area contributed by atoms with Crippen molar-refractivity contribution in [2.45, 2.75) is 20.3 Å². The number of likely N-dealkylation sites (N-methyl/N-ethyl adjacent to an activating group) is 1. The predicted octanol–water partition coefficient (Wildman–Crippen LogP) is 2.02. The SMILES string of the molecule is CC(C)CCN(C)/C(=C/N(C)C)N(C)C1=COCCN1C. The van der Waals surface area contributed by atoms with Crippen LogP contribution in [0.1, 0.15) is 20.3 Å². The van der Waals surface area contributed by atoms with Crippen molar-refractivity contribution in [1.82, 2.24) is 19.6 Å². The highest BCUT2D eigenvalue weighted by Crippen LogP contribution is 2.19. The van der Waals surface area contributed by atoms with Crippen LogP contribution < -0.4 is 0 Å². The average Bonchev–Trinajstić information content (AvgIpc) is 2.41. The van der Waals surface area contributed by atoms with E-state index in [1.165, 1.54) is 12.2 Å². The Morgan fingerprint density at radius 3 is 2.52 bits per heavy atom. The normalized spacial score (nSPS) is 15.7. The van der Waals surface area contributed by atoms with Crippen LogP contribution in [0.25, 0.3) is 0 Å². The Hall–Kier alpha value is -1.52. The van der Waals surface area contributed by atoms with Crippen molar-refractivity contribution in [2.24, 2.45) is 5.92 Å². The van der Waals surface area contributed by atoms with Crippen LogP contribution in [0.5, 0.6) is 0 Å². The summed E-state index contributed by atoms with van der Waals surface area (Å²) < 4.78 is 5.50. The van der Waals surface area contributed by atoms with Gasteiger partial charge in [-0.1, -0.05) is 13.8 Å². The topological polar surface area (TPSA) is 22.2 Å². The zero-order valence-electron chi connectivity index (χ0n) is 14.8. The fourth-order valence-electron chi connectivity index (χ4n) is 2.22. The van der Waals surface area contributed by atoms with Crippen molar-refractivity contribution in [2.75, 3.05) is 54.9 Å². The van der Waals surface area contributed by atoms with Gasteiger partial charge in [0.1, 0.15) is 24.5 Å². The molecule has 5 nitrogen and oxygen atoms in total. The van der Waals surface area contributed by atoms with Crippen LogP contribution >= 0.6 is 0 Å². The number of hydrogen-bond acceptors (Lipinski definition) is 5. The molecule has 21 heavy (non-hydrogen) atoms. The van der Waals surface area contributed by atoms with E-state index in [1.807, 2.05) is 6.26 Å². The molecule has 0 saturated heterocycles. The summed E-state index contributed by atoms with van der Waals surface area (Å²) in [4.78, 5) is 8.81. The first-order valence-electron chi connectivity index (χ1n) is 7.69. The van der Waals surface area contributed by atoms with Gasteiger partial charge in [0.2, 0.25) is 0 Å². The third-order valence-corrected chi connectivity index (χ3v) is 3.62. The monoisotopic (exact) mass is 296 g/mol. The Kier molecular flexibility index (Phi) is 6.72. The minimum atomic E-state index is 0.707. The van der Waals surface area contributed by atoms with Crippen LogP contribution in [-0.2, 0) is 4.74 Å². The van der Waals surface area contributed by atoms with E-state index >= 15 is 0 Å². The summed E-state index contributed by atoms with van der Waals surface area (Å²) in [7, 11) is 10.5. The fourth-order valence-corrected chi connectivity index (χ4v) is 2.22. The van der Waals surface area contributed by atoms with E-state index in [4.69, 9.17) is 4.74 Å². The lowest BCUT2D eigenvalue weighted by Gasteiger charge is -2.38. The van der Waals surface area contributed by atoms with E-state index in [0.29, 0.717) is 5.92 Å². The Labute approximate surface area is 130 Å². The highest BCUT2D eigenvalue weighted by Gasteiger charge is 2.20. The van der Waals surface area contributed by atoms with Crippen LogP contribution in [0.15, 0.2) is 24.1 Å². The third-order valence-electron chi connectivity index (χ3n) is 3.62. The highest BCUT2D eigenvalue weighted by molar-refractivity contribution is 5.10. The summed E-state index contributed by atoms with van der Waals surface area (Å²) >= 11 is 0. The van der Waals surface area contributed by atoms with Gasteiger partial charge in [0, 0.05) is 48.0 Å². The van der Waals surface area contributed by atoms with Crippen molar-refractivity contribution in [3.63, 3.8) is 0 Å². The quantitative estimate of drug-likeness (QED) is 0.715. The second kappa shape index (κ2) is 8.05. The molecule has 0 bridgehead atoms. The third kappa shape index (κ3) is 5.40. The number of ether oxygens (including phenoxy) is 1. The smallest absolute Gasteiger partial charge is 0.145 e. The van der Waals surface area contributed by atoms with Crippen LogP contribution in [0.4, 0.5) is 0 Å². The van der Waals surface area contributed by atoms with Gasteiger partial charge >= 0.3 is 0 Å². The first kappa shape index (κ1) is 17.5. The van der Waals surface area contributed by atoms with Crippen molar-refractivity contribution >= 4 is 0 Å². The number of nitrogens with zero attached hydrogens (tertiary/aromatic N) is 4. The Morgan fingerprint density at radius 2 is 2.00 bits per heavy atom. The van der Waals surface area contributed by atoms with Gasteiger partial charge in [0.05, 0.1) is 6.54 Å². The molecule has 0 aromatic carbocycles. The summed E-state index contributed by atoms with van der Waals surface area (Å²) in [5.41, 5.74) is 0. The standard InChI is InChI=1S/C16H32N4O/c1-14(2)8-9-18(5)15(12-17(3)4)20(7)16-13-21-11-10-19(16)6/h12-14H,8-11H2,1-7H3/b15-12-. The van der Waals surface area contributed by atoms with Crippen molar-refractivity contribution in [1.29, 1.82) is 0 Å². The number of hydrogen-bond donors (Lipinski definition) is 0. The van der Waals surface area contributed by atoms with Gasteiger partial charge in [-0.2, -0.15) is 0 Å². The molecule has 0 amide bonds. The lowest BCUT2D eigenvalue weighted by molar-refractivity contribution is 0.130. The first-order chi connectivity index (χ1) is 9.82. The van der Waals surface area contributed by atoms with E-state index in [-0.39, 0.29) is 0 Å². The fraction of sp³-hybridized carbons (Fsp3) is 0.750. The Morgan fingerprint density at radius 1 is 1.33 bits per heavy atom. The summed E-state index contributed by atoms with van der Waals surface area (Å²) in [6, 6.07) is 0. The average molecular weight is 296 g/mol. The molecular weight excluding hydrogens is 264 g/mol. The van der Waals surface area contributed by atoms with Crippen molar-refractivity contribution in [3.8, 4) is 0 Å². The molecule has 0 unspecified atom stereocenters.